The Balaban J connectivity index is 0.000000487. The Morgan fingerprint density at radius 1 is 0.247 bits per heavy atom. The topological polar surface area (TPSA) is 0 Å². The van der Waals surface area contributed by atoms with Crippen molar-refractivity contribution in [3.63, 3.8) is 0 Å². The molecule has 0 aliphatic carbocycles. The van der Waals surface area contributed by atoms with E-state index in [-0.39, 0.29) is 0 Å². The van der Waals surface area contributed by atoms with Crippen LogP contribution in [-0.4, -0.2) is 0 Å². The highest BCUT2D eigenvalue weighted by Gasteiger charge is 2.16. The van der Waals surface area contributed by atoms with Gasteiger partial charge < -0.3 is 0 Å². The summed E-state index contributed by atoms with van der Waals surface area (Å²) in [6.45, 7) is 72.1. The highest BCUT2D eigenvalue weighted by Crippen LogP contribution is 2.33. The van der Waals surface area contributed by atoms with E-state index >= 15 is 0 Å². The maximum Gasteiger partial charge on any atom is -0.0213 e. The summed E-state index contributed by atoms with van der Waals surface area (Å²) in [5, 5.41) is 0. The second-order valence-electron chi connectivity index (χ2n) is 26.0. The second-order valence-corrected chi connectivity index (χ2v) is 26.0. The lowest BCUT2D eigenvalue weighted by atomic mass is 9.85. The van der Waals surface area contributed by atoms with Crippen LogP contribution >= 0.6 is 0 Å². The van der Waals surface area contributed by atoms with E-state index in [1.807, 2.05) is 0 Å². The van der Waals surface area contributed by atoms with Crippen molar-refractivity contribution < 1.29 is 0 Å². The Morgan fingerprint density at radius 2 is 0.531 bits per heavy atom. The number of hydrogen-bond donors (Lipinski definition) is 0. The molecule has 0 fully saturated rings. The van der Waals surface area contributed by atoms with E-state index in [2.05, 4.69) is 288 Å². The fraction of sp³-hybridized carbons (Fsp3) is 0.556. The molecule has 0 unspecified atom stereocenters. The SMILES string of the molecule is CCc1cc(C)cc(C(C)C)c1C.CCc1cc(CC)c(C)c(CC)c1.CCc1cccc(CC)c1C.Cc1c(C(C)C)cc(C(C)C)cc1C(C)C.Cc1c(C)c(C)c(C(C)C)c(C)c1C.Cc1cc(C(C)C)c(C)c(C(C)C)c1. The van der Waals surface area contributed by atoms with Gasteiger partial charge in [0.1, 0.15) is 0 Å². The predicted molar refractivity (Wildman–Crippen MR) is 370 cm³/mol. The number of benzene rings is 6. The Hall–Kier alpha value is -4.68. The van der Waals surface area contributed by atoms with Gasteiger partial charge in [-0.1, -0.05) is 216 Å². The van der Waals surface area contributed by atoms with Gasteiger partial charge in [-0.3, -0.25) is 0 Å². The first-order chi connectivity index (χ1) is 37.7. The average molecular weight is 1100 g/mol. The predicted octanol–water partition coefficient (Wildman–Crippen LogP) is 25.1. The molecule has 0 N–H and O–H groups in total. The van der Waals surface area contributed by atoms with Crippen LogP contribution in [-0.2, 0) is 38.5 Å². The van der Waals surface area contributed by atoms with Gasteiger partial charge in [-0.05, 0) is 291 Å². The standard InChI is InChI=1S/C16H26.2C14H22.2C13H20.C11H16/c1-10(2)14-8-15(11(3)4)13(7)16(9-14)12(5)6;1-9(2)13-7-11(5)8-14(10(3)4)12(13)6;1-8(2)14-12(6)10(4)9(3)11(5)13(14)7;1-6-12-7-10(4)8-13(9(2)3)11(12)5;1-5-11-8-12(6-2)10(4)13(7-3)9-11;1-4-10-7-6-8-11(5-2)9(10)3/h8-12H,1-7H3;7-10H,1-6H3;8H,1-7H3;7-9H,6H2,1-5H3;8-9H,5-7H2,1-4H3;6-8H,4-5H2,1-3H3. The van der Waals surface area contributed by atoms with Gasteiger partial charge in [-0.2, -0.15) is 0 Å². The molecule has 0 amide bonds. The molecule has 0 aliphatic rings. The molecule has 0 spiro atoms. The Morgan fingerprint density at radius 3 is 0.827 bits per heavy atom. The lowest BCUT2D eigenvalue weighted by Crippen LogP contribution is -2.04. The molecule has 0 bridgehead atoms. The number of rotatable bonds is 13. The lowest BCUT2D eigenvalue weighted by Gasteiger charge is -2.21. The van der Waals surface area contributed by atoms with Crippen molar-refractivity contribution >= 4 is 0 Å². The fourth-order valence-corrected chi connectivity index (χ4v) is 12.1. The van der Waals surface area contributed by atoms with E-state index in [4.69, 9.17) is 0 Å². The molecular weight excluding hydrogens is 973 g/mol. The Bertz CT molecular complexity index is 2720. The molecule has 0 saturated carbocycles. The van der Waals surface area contributed by atoms with Gasteiger partial charge in [0.05, 0.1) is 0 Å². The zero-order chi connectivity index (χ0) is 62.5. The van der Waals surface area contributed by atoms with Crippen molar-refractivity contribution in [2.45, 2.75) is 302 Å². The molecule has 0 aromatic heterocycles. The quantitative estimate of drug-likeness (QED) is 0.108. The Labute approximate surface area is 504 Å². The van der Waals surface area contributed by atoms with Gasteiger partial charge in [0.2, 0.25) is 0 Å². The minimum Gasteiger partial charge on any atom is -0.0617 e. The Kier molecular flexibility index (Phi) is 32.5. The zero-order valence-electron chi connectivity index (χ0n) is 59.1. The van der Waals surface area contributed by atoms with E-state index in [9.17, 15) is 0 Å². The average Bonchev–Trinajstić information content (AvgIpc) is 3.49. The van der Waals surface area contributed by atoms with Crippen LogP contribution in [0, 0.1) is 83.1 Å². The number of aryl methyl sites for hydroxylation is 8. The lowest BCUT2D eigenvalue weighted by molar-refractivity contribution is 0.792. The van der Waals surface area contributed by atoms with Crippen LogP contribution in [0.25, 0.3) is 0 Å². The van der Waals surface area contributed by atoms with E-state index in [1.165, 1.54) is 134 Å². The van der Waals surface area contributed by atoms with Crippen LogP contribution in [0.4, 0.5) is 0 Å². The maximum absolute atomic E-state index is 2.40. The van der Waals surface area contributed by atoms with Crippen LogP contribution in [0.2, 0.25) is 0 Å². The third-order valence-electron chi connectivity index (χ3n) is 17.8. The largest absolute Gasteiger partial charge is 0.0617 e. The summed E-state index contributed by atoms with van der Waals surface area (Å²) >= 11 is 0. The summed E-state index contributed by atoms with van der Waals surface area (Å²) in [5.41, 5.74) is 37.2. The van der Waals surface area contributed by atoms with E-state index in [0.717, 1.165) is 38.5 Å². The molecule has 6 aromatic carbocycles. The first-order valence-corrected chi connectivity index (χ1v) is 32.3. The third-order valence-corrected chi connectivity index (χ3v) is 17.8. The van der Waals surface area contributed by atoms with Crippen molar-refractivity contribution in [3.05, 3.63) is 206 Å². The molecule has 0 nitrogen and oxygen atoms in total. The van der Waals surface area contributed by atoms with Gasteiger partial charge in [-0.25, -0.2) is 0 Å². The summed E-state index contributed by atoms with van der Waals surface area (Å²) in [6, 6.07) is 25.4. The molecule has 0 aliphatic heterocycles. The molecule has 0 heteroatoms. The highest BCUT2D eigenvalue weighted by molar-refractivity contribution is 5.51. The minimum atomic E-state index is 0.621. The first-order valence-electron chi connectivity index (χ1n) is 32.3. The fourth-order valence-electron chi connectivity index (χ4n) is 12.1. The van der Waals surface area contributed by atoms with Crippen LogP contribution in [0.1, 0.15) is 319 Å². The van der Waals surface area contributed by atoms with E-state index in [1.54, 1.807) is 5.56 Å². The summed E-state index contributed by atoms with van der Waals surface area (Å²) in [6.07, 6.45) is 6.92. The normalized spacial score (nSPS) is 11.0. The van der Waals surface area contributed by atoms with E-state index in [0.29, 0.717) is 41.4 Å². The second kappa shape index (κ2) is 35.5. The maximum atomic E-state index is 2.40. The third kappa shape index (κ3) is 21.5. The van der Waals surface area contributed by atoms with Gasteiger partial charge in [0.15, 0.2) is 0 Å². The van der Waals surface area contributed by atoms with Gasteiger partial charge in [0, 0.05) is 0 Å². The van der Waals surface area contributed by atoms with Crippen molar-refractivity contribution in [2.24, 2.45) is 0 Å². The molecular formula is C81H126. The van der Waals surface area contributed by atoms with Gasteiger partial charge in [-0.15, -0.1) is 0 Å². The van der Waals surface area contributed by atoms with Crippen LogP contribution in [0.15, 0.2) is 66.7 Å². The highest BCUT2D eigenvalue weighted by atomic mass is 14.2. The van der Waals surface area contributed by atoms with Crippen LogP contribution < -0.4 is 0 Å². The molecule has 81 heavy (non-hydrogen) atoms. The van der Waals surface area contributed by atoms with Crippen molar-refractivity contribution in [3.8, 4) is 0 Å². The molecule has 0 saturated heterocycles. The van der Waals surface area contributed by atoms with Crippen LogP contribution in [0.5, 0.6) is 0 Å². The zero-order valence-corrected chi connectivity index (χ0v) is 59.1. The molecule has 0 atom stereocenters. The smallest absolute Gasteiger partial charge is 0.0213 e. The summed E-state index contributed by atoms with van der Waals surface area (Å²) < 4.78 is 0. The molecule has 0 heterocycles. The summed E-state index contributed by atoms with van der Waals surface area (Å²) in [5.74, 6) is 4.40. The van der Waals surface area contributed by atoms with Gasteiger partial charge >= 0.3 is 0 Å². The summed E-state index contributed by atoms with van der Waals surface area (Å²) in [4.78, 5) is 0. The minimum absolute atomic E-state index is 0.621. The summed E-state index contributed by atoms with van der Waals surface area (Å²) in [7, 11) is 0. The van der Waals surface area contributed by atoms with Crippen molar-refractivity contribution in [1.29, 1.82) is 0 Å². The molecule has 6 aromatic rings. The van der Waals surface area contributed by atoms with Gasteiger partial charge in [0.25, 0.3) is 0 Å². The van der Waals surface area contributed by atoms with Crippen molar-refractivity contribution in [1.82, 2.24) is 0 Å². The molecule has 450 valence electrons. The molecule has 6 rings (SSSR count). The first kappa shape index (κ1) is 74.3. The number of hydrogen-bond acceptors (Lipinski definition) is 0. The monoisotopic (exact) mass is 1100 g/mol. The van der Waals surface area contributed by atoms with Crippen molar-refractivity contribution in [2.75, 3.05) is 0 Å². The van der Waals surface area contributed by atoms with Crippen LogP contribution in [0.3, 0.4) is 0 Å². The molecule has 0 radical (unpaired) electrons. The van der Waals surface area contributed by atoms with E-state index < -0.39 is 0 Å².